The Balaban J connectivity index is 2.25. The minimum Gasteiger partial charge on any atom is -0.357 e. The normalized spacial score (nSPS) is 10.7. The summed E-state index contributed by atoms with van der Waals surface area (Å²) in [5.41, 5.74) is 1.55. The molecular formula is C19H26N4O. The molecule has 0 aliphatic rings. The number of nitrogens with zero attached hydrogens (tertiary/aromatic N) is 4. The monoisotopic (exact) mass is 326 g/mol. The summed E-state index contributed by atoms with van der Waals surface area (Å²) < 4.78 is 0. The van der Waals surface area contributed by atoms with Crippen LogP contribution in [-0.2, 0) is 6.54 Å². The van der Waals surface area contributed by atoms with Gasteiger partial charge in [0.1, 0.15) is 17.8 Å². The fraction of sp³-hybridized carbons (Fsp3) is 0.421. The maximum absolute atomic E-state index is 13.0. The van der Waals surface area contributed by atoms with Crippen molar-refractivity contribution < 1.29 is 4.79 Å². The quantitative estimate of drug-likeness (QED) is 0.783. The molecule has 0 spiro atoms. The van der Waals surface area contributed by atoms with Crippen molar-refractivity contribution in [1.29, 1.82) is 0 Å². The van der Waals surface area contributed by atoms with Crippen LogP contribution in [0.25, 0.3) is 0 Å². The molecule has 1 aromatic carbocycles. The lowest BCUT2D eigenvalue weighted by atomic mass is 10.1. The maximum atomic E-state index is 13.0. The molecule has 0 N–H and O–H groups in total. The molecule has 0 atom stereocenters. The van der Waals surface area contributed by atoms with Crippen LogP contribution in [0.5, 0.6) is 0 Å². The minimum absolute atomic E-state index is 0.0651. The fourth-order valence-electron chi connectivity index (χ4n) is 2.60. The Hall–Kier alpha value is -2.43. The van der Waals surface area contributed by atoms with Crippen LogP contribution in [0.15, 0.2) is 42.7 Å². The third kappa shape index (κ3) is 4.31. The van der Waals surface area contributed by atoms with E-state index < -0.39 is 0 Å². The Kier molecular flexibility index (Phi) is 6.29. The number of hydrogen-bond donors (Lipinski definition) is 0. The van der Waals surface area contributed by atoms with Crippen molar-refractivity contribution in [2.75, 3.05) is 18.0 Å². The zero-order valence-corrected chi connectivity index (χ0v) is 14.9. The SMILES string of the molecule is CCN(CC)c1cc(C(=O)N(Cc2ccccc2)C(C)C)ncn1. The Morgan fingerprint density at radius 1 is 1.08 bits per heavy atom. The zero-order valence-electron chi connectivity index (χ0n) is 14.9. The van der Waals surface area contributed by atoms with Crippen LogP contribution < -0.4 is 4.90 Å². The van der Waals surface area contributed by atoms with Crippen LogP contribution in [0.4, 0.5) is 5.82 Å². The highest BCUT2D eigenvalue weighted by molar-refractivity contribution is 5.93. The number of aromatic nitrogens is 2. The van der Waals surface area contributed by atoms with Gasteiger partial charge in [-0.3, -0.25) is 4.79 Å². The second-order valence-electron chi connectivity index (χ2n) is 5.95. The Labute approximate surface area is 144 Å². The van der Waals surface area contributed by atoms with E-state index in [0.29, 0.717) is 12.2 Å². The summed E-state index contributed by atoms with van der Waals surface area (Å²) in [6, 6.07) is 11.9. The molecule has 1 amide bonds. The van der Waals surface area contributed by atoms with Crippen LogP contribution in [0.2, 0.25) is 0 Å². The molecule has 0 fully saturated rings. The molecule has 2 aromatic rings. The van der Waals surface area contributed by atoms with Crippen LogP contribution >= 0.6 is 0 Å². The first-order valence-electron chi connectivity index (χ1n) is 8.48. The van der Waals surface area contributed by atoms with Crippen molar-refractivity contribution >= 4 is 11.7 Å². The highest BCUT2D eigenvalue weighted by Crippen LogP contribution is 2.15. The van der Waals surface area contributed by atoms with Crippen LogP contribution in [0.3, 0.4) is 0 Å². The molecule has 5 heteroatoms. The molecule has 128 valence electrons. The predicted octanol–water partition coefficient (Wildman–Crippen LogP) is 3.37. The summed E-state index contributed by atoms with van der Waals surface area (Å²) in [4.78, 5) is 25.4. The van der Waals surface area contributed by atoms with Gasteiger partial charge in [0, 0.05) is 31.7 Å². The van der Waals surface area contributed by atoms with Gasteiger partial charge in [0.2, 0.25) is 0 Å². The van der Waals surface area contributed by atoms with E-state index in [1.54, 1.807) is 6.07 Å². The molecule has 0 unspecified atom stereocenters. The van der Waals surface area contributed by atoms with Gasteiger partial charge in [-0.15, -0.1) is 0 Å². The summed E-state index contributed by atoms with van der Waals surface area (Å²) in [7, 11) is 0. The third-order valence-corrected chi connectivity index (χ3v) is 4.04. The van der Waals surface area contributed by atoms with E-state index in [1.807, 2.05) is 49.1 Å². The lowest BCUT2D eigenvalue weighted by molar-refractivity contribution is 0.0684. The maximum Gasteiger partial charge on any atom is 0.273 e. The van der Waals surface area contributed by atoms with Crippen LogP contribution in [0.1, 0.15) is 43.7 Å². The predicted molar refractivity (Wildman–Crippen MR) is 97.0 cm³/mol. The smallest absolute Gasteiger partial charge is 0.273 e. The van der Waals surface area contributed by atoms with E-state index in [2.05, 4.69) is 28.7 Å². The molecule has 0 saturated heterocycles. The molecule has 0 aliphatic heterocycles. The summed E-state index contributed by atoms with van der Waals surface area (Å²) in [5.74, 6) is 0.728. The molecule has 0 saturated carbocycles. The van der Waals surface area contributed by atoms with Crippen molar-refractivity contribution in [3.63, 3.8) is 0 Å². The van der Waals surface area contributed by atoms with Gasteiger partial charge in [0.05, 0.1) is 0 Å². The van der Waals surface area contributed by atoms with E-state index in [0.717, 1.165) is 24.5 Å². The van der Waals surface area contributed by atoms with Crippen molar-refractivity contribution in [1.82, 2.24) is 14.9 Å². The van der Waals surface area contributed by atoms with Crippen molar-refractivity contribution in [3.05, 3.63) is 54.0 Å². The third-order valence-electron chi connectivity index (χ3n) is 4.04. The van der Waals surface area contributed by atoms with Crippen molar-refractivity contribution in [3.8, 4) is 0 Å². The number of anilines is 1. The van der Waals surface area contributed by atoms with E-state index >= 15 is 0 Å². The molecule has 0 aliphatic carbocycles. The van der Waals surface area contributed by atoms with Gasteiger partial charge in [0.25, 0.3) is 5.91 Å². The van der Waals surface area contributed by atoms with Crippen molar-refractivity contribution in [2.24, 2.45) is 0 Å². The Bertz CT molecular complexity index is 653. The van der Waals surface area contributed by atoms with Gasteiger partial charge in [-0.1, -0.05) is 30.3 Å². The highest BCUT2D eigenvalue weighted by Gasteiger charge is 2.21. The fourth-order valence-corrected chi connectivity index (χ4v) is 2.60. The van der Waals surface area contributed by atoms with Gasteiger partial charge in [-0.2, -0.15) is 0 Å². The van der Waals surface area contributed by atoms with E-state index in [1.165, 1.54) is 6.33 Å². The van der Waals surface area contributed by atoms with Crippen LogP contribution in [0, 0.1) is 0 Å². The Morgan fingerprint density at radius 2 is 1.75 bits per heavy atom. The average molecular weight is 326 g/mol. The molecular weight excluding hydrogens is 300 g/mol. The van der Waals surface area contributed by atoms with E-state index in [9.17, 15) is 4.79 Å². The topological polar surface area (TPSA) is 49.3 Å². The van der Waals surface area contributed by atoms with Gasteiger partial charge in [-0.05, 0) is 33.3 Å². The standard InChI is InChI=1S/C19H26N4O/c1-5-22(6-2)18-12-17(20-14-21-18)19(24)23(15(3)4)13-16-10-8-7-9-11-16/h7-12,14-15H,5-6,13H2,1-4H3. The number of carbonyl (C=O) groups is 1. The summed E-state index contributed by atoms with van der Waals surface area (Å²) in [5, 5.41) is 0. The summed E-state index contributed by atoms with van der Waals surface area (Å²) in [6.45, 7) is 10.5. The molecule has 1 heterocycles. The van der Waals surface area contributed by atoms with Gasteiger partial charge >= 0.3 is 0 Å². The summed E-state index contributed by atoms with van der Waals surface area (Å²) in [6.07, 6.45) is 1.47. The Morgan fingerprint density at radius 3 is 2.33 bits per heavy atom. The highest BCUT2D eigenvalue weighted by atomic mass is 16.2. The molecule has 1 aromatic heterocycles. The largest absolute Gasteiger partial charge is 0.357 e. The number of benzene rings is 1. The van der Waals surface area contributed by atoms with E-state index in [4.69, 9.17) is 0 Å². The number of amides is 1. The first kappa shape index (κ1) is 17.9. The first-order chi connectivity index (χ1) is 11.6. The molecule has 2 rings (SSSR count). The lowest BCUT2D eigenvalue weighted by Gasteiger charge is -2.27. The second kappa shape index (κ2) is 8.43. The molecule has 5 nitrogen and oxygen atoms in total. The number of carbonyl (C=O) groups excluding carboxylic acids is 1. The van der Waals surface area contributed by atoms with Gasteiger partial charge in [0.15, 0.2) is 0 Å². The van der Waals surface area contributed by atoms with E-state index in [-0.39, 0.29) is 11.9 Å². The van der Waals surface area contributed by atoms with Gasteiger partial charge < -0.3 is 9.80 Å². The number of hydrogen-bond acceptors (Lipinski definition) is 4. The number of rotatable bonds is 7. The molecule has 0 radical (unpaired) electrons. The van der Waals surface area contributed by atoms with Gasteiger partial charge in [-0.25, -0.2) is 9.97 Å². The van der Waals surface area contributed by atoms with Crippen molar-refractivity contribution in [2.45, 2.75) is 40.3 Å². The molecule has 24 heavy (non-hydrogen) atoms. The first-order valence-corrected chi connectivity index (χ1v) is 8.48. The minimum atomic E-state index is -0.0651. The summed E-state index contributed by atoms with van der Waals surface area (Å²) >= 11 is 0. The average Bonchev–Trinajstić information content (AvgIpc) is 2.61. The molecule has 0 bridgehead atoms. The zero-order chi connectivity index (χ0) is 17.5. The van der Waals surface area contributed by atoms with Crippen LogP contribution in [-0.4, -0.2) is 39.9 Å². The lowest BCUT2D eigenvalue weighted by Crippen LogP contribution is -2.37. The second-order valence-corrected chi connectivity index (χ2v) is 5.95.